The van der Waals surface area contributed by atoms with Crippen LogP contribution < -0.4 is 10.6 Å². The molecule has 0 atom stereocenters. The average Bonchev–Trinajstić information content (AvgIpc) is 3.06. The third-order valence-electron chi connectivity index (χ3n) is 4.56. The molecular weight excluding hydrogens is 468 g/mol. The van der Waals surface area contributed by atoms with Gasteiger partial charge in [0.2, 0.25) is 0 Å². The minimum atomic E-state index is -0.676. The molecule has 0 spiro atoms. The summed E-state index contributed by atoms with van der Waals surface area (Å²) in [5, 5.41) is 42.4. The zero-order chi connectivity index (χ0) is 20.7. The molecule has 0 aliphatic rings. The first-order valence-electron chi connectivity index (χ1n) is 8.61. The summed E-state index contributed by atoms with van der Waals surface area (Å²) in [6.45, 7) is 10.6. The molecule has 0 amide bonds. The van der Waals surface area contributed by atoms with Crippen molar-refractivity contribution in [3.8, 4) is 0 Å². The largest absolute Gasteiger partial charge is 2.00 e. The predicted octanol–water partition coefficient (Wildman–Crippen LogP) is 1.48. The van der Waals surface area contributed by atoms with Crippen molar-refractivity contribution in [2.45, 2.75) is 58.7 Å². The van der Waals surface area contributed by atoms with Gasteiger partial charge in [-0.1, -0.05) is 15.3 Å². The van der Waals surface area contributed by atoms with Gasteiger partial charge in [-0.05, 0) is 59.1 Å². The van der Waals surface area contributed by atoms with Crippen LogP contribution >= 0.6 is 0 Å². The van der Waals surface area contributed by atoms with Crippen molar-refractivity contribution in [2.75, 3.05) is 13.1 Å². The van der Waals surface area contributed by atoms with Crippen LogP contribution in [-0.2, 0) is 32.1 Å². The van der Waals surface area contributed by atoms with Gasteiger partial charge in [-0.15, -0.1) is 0 Å². The fraction of sp³-hybridized carbons (Fsp3) is 0.688. The van der Waals surface area contributed by atoms with E-state index in [0.29, 0.717) is 24.5 Å². The molecule has 167 valence electrons. The van der Waals surface area contributed by atoms with Crippen molar-refractivity contribution in [3.05, 3.63) is 22.5 Å². The molecule has 0 saturated heterocycles. The minimum absolute atomic E-state index is 0. The summed E-state index contributed by atoms with van der Waals surface area (Å²) in [6, 6.07) is 0. The number of oxime groups is 2. The number of hydrogen-bond donors (Lipinski definition) is 4. The van der Waals surface area contributed by atoms with Crippen LogP contribution in [0.3, 0.4) is 0 Å². The number of aromatic nitrogens is 2. The molecule has 0 aliphatic carbocycles. The molecule has 0 aliphatic heterocycles. The van der Waals surface area contributed by atoms with Crippen molar-refractivity contribution < 1.29 is 40.9 Å². The van der Waals surface area contributed by atoms with Gasteiger partial charge in [0, 0.05) is 20.1 Å². The smallest absolute Gasteiger partial charge is 0.434 e. The number of imidazole rings is 1. The van der Waals surface area contributed by atoms with E-state index >= 15 is 0 Å². The van der Waals surface area contributed by atoms with Crippen LogP contribution in [0.25, 0.3) is 0 Å². The second-order valence-electron chi connectivity index (χ2n) is 7.30. The first-order valence-corrected chi connectivity index (χ1v) is 8.61. The van der Waals surface area contributed by atoms with E-state index in [-0.39, 0.29) is 38.1 Å². The van der Waals surface area contributed by atoms with Gasteiger partial charge in [0.15, 0.2) is 0 Å². The molecule has 13 heteroatoms. The standard InChI is InChI=1S/C16H29N7O4.O.Tc/c1-12(20-24)15(2,3)18-7-6-8-19-16(4,5)13(21-25)11-22-10-9-17-14(22)23(26)27;;/h9-10,18-19,24-25H,6-8,11H2,1-5H3;;/q;-2;/b20-12+,21-13+;;. The second kappa shape index (κ2) is 12.6. The van der Waals surface area contributed by atoms with Gasteiger partial charge in [0.1, 0.15) is 24.7 Å². The zero-order valence-electron chi connectivity index (χ0n) is 17.2. The van der Waals surface area contributed by atoms with Crippen LogP contribution in [-0.4, -0.2) is 60.5 Å². The molecule has 0 saturated carbocycles. The summed E-state index contributed by atoms with van der Waals surface area (Å²) in [7, 11) is 0. The third-order valence-corrected chi connectivity index (χ3v) is 4.56. The summed E-state index contributed by atoms with van der Waals surface area (Å²) in [6.07, 6.45) is 3.57. The van der Waals surface area contributed by atoms with Crippen LogP contribution in [0.5, 0.6) is 0 Å². The van der Waals surface area contributed by atoms with Gasteiger partial charge >= 0.3 is 5.95 Å². The van der Waals surface area contributed by atoms with Gasteiger partial charge in [-0.25, -0.2) is 4.57 Å². The van der Waals surface area contributed by atoms with Crippen LogP contribution in [0.1, 0.15) is 41.0 Å². The number of rotatable bonds is 11. The molecule has 4 N–H and O–H groups in total. The number of nitrogens with zero attached hydrogens (tertiary/aromatic N) is 5. The molecule has 0 bridgehead atoms. The first-order chi connectivity index (χ1) is 12.5. The Hall–Kier alpha value is -1.92. The number of hydrogen-bond acceptors (Lipinski definition) is 9. The maximum atomic E-state index is 11.0. The molecule has 1 aromatic heterocycles. The quantitative estimate of drug-likeness (QED) is 0.117. The molecule has 0 fully saturated rings. The first kappa shape index (κ1) is 29.3. The molecule has 1 heterocycles. The molecule has 1 rings (SSSR count). The normalized spacial score (nSPS) is 12.9. The van der Waals surface area contributed by atoms with Crippen molar-refractivity contribution in [1.29, 1.82) is 0 Å². The van der Waals surface area contributed by atoms with Gasteiger partial charge in [0.25, 0.3) is 0 Å². The summed E-state index contributed by atoms with van der Waals surface area (Å²) >= 11 is 0. The Kier molecular flexibility index (Phi) is 12.7. The Morgan fingerprint density at radius 1 is 1.21 bits per heavy atom. The minimum Gasteiger partial charge on any atom is -2.00 e. The van der Waals surface area contributed by atoms with E-state index in [9.17, 15) is 15.3 Å². The molecule has 1 radical (unpaired) electrons. The molecule has 0 unspecified atom stereocenters. The van der Waals surface area contributed by atoms with E-state index in [1.807, 2.05) is 27.7 Å². The maximum absolute atomic E-state index is 11.0. The summed E-state index contributed by atoms with van der Waals surface area (Å²) < 4.78 is 1.32. The molecule has 0 aromatic carbocycles. The van der Waals surface area contributed by atoms with Crippen LogP contribution in [0.2, 0.25) is 0 Å². The van der Waals surface area contributed by atoms with Gasteiger partial charge in [0.05, 0.1) is 16.8 Å². The SMILES string of the molecule is C/C(=N\O)C(C)(C)NCCCNC(C)(C)/C(Cn1ccnc1[N+](=O)[O-])=N/O.[O-2].[Tc]. The van der Waals surface area contributed by atoms with Crippen LogP contribution in [0, 0.1) is 10.1 Å². The maximum Gasteiger partial charge on any atom is 0.434 e. The predicted molar refractivity (Wildman–Crippen MR) is 102 cm³/mol. The Balaban J connectivity index is 0. The van der Waals surface area contributed by atoms with E-state index < -0.39 is 16.0 Å². The average molecular weight is 497 g/mol. The van der Waals surface area contributed by atoms with Gasteiger partial charge < -0.3 is 36.6 Å². The number of nitro groups is 1. The fourth-order valence-electron chi connectivity index (χ4n) is 2.36. The molecule has 12 nitrogen and oxygen atoms in total. The van der Waals surface area contributed by atoms with Gasteiger partial charge in [-0.2, -0.15) is 0 Å². The fourth-order valence-corrected chi connectivity index (χ4v) is 2.36. The Morgan fingerprint density at radius 3 is 2.24 bits per heavy atom. The van der Waals surface area contributed by atoms with Crippen LogP contribution in [0.15, 0.2) is 22.7 Å². The summed E-state index contributed by atoms with van der Waals surface area (Å²) in [4.78, 5) is 14.1. The monoisotopic (exact) mass is 496 g/mol. The van der Waals surface area contributed by atoms with Crippen molar-refractivity contribution in [2.24, 2.45) is 10.3 Å². The Labute approximate surface area is 183 Å². The van der Waals surface area contributed by atoms with E-state index in [1.54, 1.807) is 6.92 Å². The summed E-state index contributed by atoms with van der Waals surface area (Å²) in [5.74, 6) is -0.306. The van der Waals surface area contributed by atoms with E-state index in [4.69, 9.17) is 5.21 Å². The topological polar surface area (TPSA) is 179 Å². The van der Waals surface area contributed by atoms with Crippen LogP contribution in [0.4, 0.5) is 5.95 Å². The molecule has 1 aromatic rings. The Morgan fingerprint density at radius 2 is 1.76 bits per heavy atom. The van der Waals surface area contributed by atoms with E-state index in [2.05, 4.69) is 25.9 Å². The van der Waals surface area contributed by atoms with Crippen molar-refractivity contribution in [1.82, 2.24) is 20.2 Å². The third kappa shape index (κ3) is 8.54. The molecule has 29 heavy (non-hydrogen) atoms. The zero-order valence-corrected chi connectivity index (χ0v) is 19.1. The van der Waals surface area contributed by atoms with E-state index in [1.165, 1.54) is 17.0 Å². The van der Waals surface area contributed by atoms with E-state index in [0.717, 1.165) is 6.42 Å². The van der Waals surface area contributed by atoms with Crippen molar-refractivity contribution >= 4 is 17.4 Å². The molecular formula is C16H29N7O5Tc-2. The Bertz CT molecular complexity index is 704. The summed E-state index contributed by atoms with van der Waals surface area (Å²) in [5.41, 5.74) is -0.152. The number of nitrogens with one attached hydrogen (secondary N) is 2. The second-order valence-corrected chi connectivity index (χ2v) is 7.30. The van der Waals surface area contributed by atoms with Gasteiger partial charge in [-0.3, -0.25) is 0 Å². The van der Waals surface area contributed by atoms with Crippen molar-refractivity contribution in [3.63, 3.8) is 0 Å².